The van der Waals surface area contributed by atoms with Crippen LogP contribution in [0.1, 0.15) is 13.8 Å². The van der Waals surface area contributed by atoms with Crippen molar-refractivity contribution >= 4 is 5.71 Å². The first-order chi connectivity index (χ1) is 3.66. The van der Waals surface area contributed by atoms with E-state index < -0.39 is 0 Å². The maximum absolute atomic E-state index is 4.00. The van der Waals surface area contributed by atoms with Gasteiger partial charge < -0.3 is 0 Å². The van der Waals surface area contributed by atoms with Crippen LogP contribution in [-0.2, 0) is 0 Å². The fourth-order valence-corrected chi connectivity index (χ4v) is 0.333. The maximum Gasteiger partial charge on any atom is 0.0551 e. The van der Waals surface area contributed by atoms with Crippen LogP contribution < -0.4 is 0 Å². The first-order valence-electron chi connectivity index (χ1n) is 2.50. The lowest BCUT2D eigenvalue weighted by Gasteiger charge is -1.87. The molecule has 0 unspecified atom stereocenters. The summed E-state index contributed by atoms with van der Waals surface area (Å²) in [5, 5.41) is 0. The van der Waals surface area contributed by atoms with E-state index in [-0.39, 0.29) is 0 Å². The van der Waals surface area contributed by atoms with Gasteiger partial charge in [0.05, 0.1) is 5.70 Å². The molecule has 0 N–H and O–H groups in total. The molecule has 0 bridgehead atoms. The minimum Gasteiger partial charge on any atom is -0.259 e. The molecule has 44 valence electrons. The highest BCUT2D eigenvalue weighted by atomic mass is 14.7. The summed E-state index contributed by atoms with van der Waals surface area (Å²) in [6.07, 6.45) is 1.63. The van der Waals surface area contributed by atoms with E-state index >= 15 is 0 Å². The van der Waals surface area contributed by atoms with Gasteiger partial charge in [0.25, 0.3) is 0 Å². The van der Waals surface area contributed by atoms with Crippen LogP contribution in [0.3, 0.4) is 0 Å². The molecule has 0 saturated heterocycles. The van der Waals surface area contributed by atoms with Crippen LogP contribution in [0.15, 0.2) is 29.9 Å². The van der Waals surface area contributed by atoms with Crippen LogP contribution >= 0.6 is 0 Å². The summed E-state index contributed by atoms with van der Waals surface area (Å²) in [7, 11) is 0. The average Bonchev–Trinajstić information content (AvgIpc) is 1.65. The van der Waals surface area contributed by atoms with Crippen LogP contribution in [0.2, 0.25) is 0 Å². The van der Waals surface area contributed by atoms with Gasteiger partial charge in [0.2, 0.25) is 0 Å². The van der Waals surface area contributed by atoms with E-state index in [1.54, 1.807) is 6.08 Å². The maximum atomic E-state index is 4.00. The Balaban J connectivity index is 3.89. The van der Waals surface area contributed by atoms with E-state index in [0.717, 1.165) is 11.4 Å². The molecule has 0 radical (unpaired) electrons. The molecule has 0 aromatic carbocycles. The molecule has 0 aliphatic carbocycles. The molecule has 1 heteroatoms. The Morgan fingerprint density at radius 1 is 1.50 bits per heavy atom. The molecule has 0 aromatic heterocycles. The van der Waals surface area contributed by atoms with Crippen LogP contribution in [0.5, 0.6) is 0 Å². The summed E-state index contributed by atoms with van der Waals surface area (Å²) >= 11 is 0. The summed E-state index contributed by atoms with van der Waals surface area (Å²) in [6, 6.07) is 0. The molecule has 0 fully saturated rings. The monoisotopic (exact) mass is 109 g/mol. The second-order valence-corrected chi connectivity index (χ2v) is 1.75. The second kappa shape index (κ2) is 3.19. The lowest BCUT2D eigenvalue weighted by molar-refractivity contribution is 1.40. The van der Waals surface area contributed by atoms with Crippen LogP contribution in [-0.4, -0.2) is 5.71 Å². The quantitative estimate of drug-likeness (QED) is 0.380. The molecule has 0 spiro atoms. The van der Waals surface area contributed by atoms with Crippen molar-refractivity contribution in [2.45, 2.75) is 13.8 Å². The Morgan fingerprint density at radius 2 is 2.00 bits per heavy atom. The highest BCUT2D eigenvalue weighted by Gasteiger charge is 1.77. The van der Waals surface area contributed by atoms with Crippen molar-refractivity contribution in [3.05, 3.63) is 24.9 Å². The number of hydrogen-bond donors (Lipinski definition) is 0. The Morgan fingerprint density at radius 3 is 2.12 bits per heavy atom. The van der Waals surface area contributed by atoms with Gasteiger partial charge in [-0.1, -0.05) is 13.2 Å². The SMILES string of the molecule is C=CC(=C)N=C(C)C. The van der Waals surface area contributed by atoms with Gasteiger partial charge >= 0.3 is 0 Å². The minimum absolute atomic E-state index is 0.727. The van der Waals surface area contributed by atoms with Gasteiger partial charge in [0, 0.05) is 5.71 Å². The Kier molecular flexibility index (Phi) is 2.85. The molecular weight excluding hydrogens is 98.1 g/mol. The average molecular weight is 109 g/mol. The van der Waals surface area contributed by atoms with Crippen LogP contribution in [0.4, 0.5) is 0 Å². The second-order valence-electron chi connectivity index (χ2n) is 1.75. The smallest absolute Gasteiger partial charge is 0.0551 e. The normalized spacial score (nSPS) is 7.75. The molecule has 0 rings (SSSR count). The Bertz CT molecular complexity index is 127. The third-order valence-corrected chi connectivity index (χ3v) is 0.603. The summed E-state index contributed by atoms with van der Waals surface area (Å²) < 4.78 is 0. The lowest BCUT2D eigenvalue weighted by atomic mass is 10.4. The van der Waals surface area contributed by atoms with Crippen molar-refractivity contribution in [1.82, 2.24) is 0 Å². The molecule has 8 heavy (non-hydrogen) atoms. The summed E-state index contributed by atoms with van der Waals surface area (Å²) in [5.74, 6) is 0. The molecule has 0 atom stereocenters. The Hall–Kier alpha value is -0.850. The predicted octanol–water partition coefficient (Wildman–Crippen LogP) is 2.17. The predicted molar refractivity (Wildman–Crippen MR) is 38.1 cm³/mol. The molecule has 0 amide bonds. The highest BCUT2D eigenvalue weighted by Crippen LogP contribution is 1.92. The summed E-state index contributed by atoms with van der Waals surface area (Å²) in [4.78, 5) is 4.00. The van der Waals surface area contributed by atoms with Gasteiger partial charge in [-0.25, -0.2) is 0 Å². The zero-order valence-electron chi connectivity index (χ0n) is 5.44. The summed E-state index contributed by atoms with van der Waals surface area (Å²) in [6.45, 7) is 11.0. The molecule has 0 heterocycles. The molecule has 0 aliphatic heterocycles. The largest absolute Gasteiger partial charge is 0.259 e. The van der Waals surface area contributed by atoms with E-state index in [1.165, 1.54) is 0 Å². The fraction of sp³-hybridized carbons (Fsp3) is 0.286. The molecule has 1 nitrogen and oxygen atoms in total. The first kappa shape index (κ1) is 7.15. The van der Waals surface area contributed by atoms with Crippen molar-refractivity contribution in [2.75, 3.05) is 0 Å². The van der Waals surface area contributed by atoms with Gasteiger partial charge in [-0.2, -0.15) is 0 Å². The summed E-state index contributed by atoms with van der Waals surface area (Å²) in [5.41, 5.74) is 1.74. The number of nitrogens with zero attached hydrogens (tertiary/aromatic N) is 1. The van der Waals surface area contributed by atoms with E-state index in [2.05, 4.69) is 18.2 Å². The molecule has 0 aliphatic rings. The minimum atomic E-state index is 0.727. The molecular formula is C7H11N. The van der Waals surface area contributed by atoms with Crippen LogP contribution in [0, 0.1) is 0 Å². The molecule has 0 saturated carbocycles. The van der Waals surface area contributed by atoms with Crippen molar-refractivity contribution < 1.29 is 0 Å². The van der Waals surface area contributed by atoms with Gasteiger partial charge in [-0.15, -0.1) is 0 Å². The Labute approximate surface area is 50.4 Å². The number of rotatable bonds is 2. The lowest BCUT2D eigenvalue weighted by Crippen LogP contribution is -1.79. The van der Waals surface area contributed by atoms with Crippen molar-refractivity contribution in [3.8, 4) is 0 Å². The van der Waals surface area contributed by atoms with Crippen molar-refractivity contribution in [3.63, 3.8) is 0 Å². The van der Waals surface area contributed by atoms with E-state index in [4.69, 9.17) is 0 Å². The first-order valence-corrected chi connectivity index (χ1v) is 2.50. The van der Waals surface area contributed by atoms with Gasteiger partial charge in [-0.3, -0.25) is 4.99 Å². The number of aliphatic imine (C=N–C) groups is 1. The van der Waals surface area contributed by atoms with Crippen LogP contribution in [0.25, 0.3) is 0 Å². The fourth-order valence-electron chi connectivity index (χ4n) is 0.333. The number of allylic oxidation sites excluding steroid dienone is 1. The van der Waals surface area contributed by atoms with Crippen molar-refractivity contribution in [1.29, 1.82) is 0 Å². The third-order valence-electron chi connectivity index (χ3n) is 0.603. The van der Waals surface area contributed by atoms with E-state index in [9.17, 15) is 0 Å². The topological polar surface area (TPSA) is 12.4 Å². The zero-order chi connectivity index (χ0) is 6.57. The van der Waals surface area contributed by atoms with Gasteiger partial charge in [-0.05, 0) is 19.9 Å². The van der Waals surface area contributed by atoms with Gasteiger partial charge in [0.1, 0.15) is 0 Å². The molecule has 0 aromatic rings. The van der Waals surface area contributed by atoms with E-state index in [1.807, 2.05) is 13.8 Å². The van der Waals surface area contributed by atoms with Gasteiger partial charge in [0.15, 0.2) is 0 Å². The number of hydrogen-bond acceptors (Lipinski definition) is 1. The standard InChI is InChI=1S/C7H11N/c1-5-7(4)8-6(2)3/h5H,1,4H2,2-3H3. The zero-order valence-corrected chi connectivity index (χ0v) is 5.44. The third kappa shape index (κ3) is 3.34. The van der Waals surface area contributed by atoms with E-state index in [0.29, 0.717) is 0 Å². The highest BCUT2D eigenvalue weighted by molar-refractivity contribution is 5.80. The van der Waals surface area contributed by atoms with Crippen molar-refractivity contribution in [2.24, 2.45) is 4.99 Å².